The zero-order valence-corrected chi connectivity index (χ0v) is 9.26. The molecule has 0 N–H and O–H groups in total. The summed E-state index contributed by atoms with van der Waals surface area (Å²) < 4.78 is 5.57. The largest absolute Gasteiger partial charge is 0.464 e. The predicted octanol–water partition coefficient (Wildman–Crippen LogP) is 4.41. The Balaban J connectivity index is 1.99. The van der Waals surface area contributed by atoms with Gasteiger partial charge in [-0.2, -0.15) is 0 Å². The third-order valence-corrected chi connectivity index (χ3v) is 2.68. The van der Waals surface area contributed by atoms with E-state index >= 15 is 0 Å². The predicted molar refractivity (Wildman–Crippen MR) is 68.4 cm³/mol. The van der Waals surface area contributed by atoms with E-state index in [4.69, 9.17) is 4.42 Å². The molecule has 0 atom stereocenters. The molecular weight excluding hydrogens is 208 g/mol. The van der Waals surface area contributed by atoms with Gasteiger partial charge in [-0.15, -0.1) is 0 Å². The van der Waals surface area contributed by atoms with Gasteiger partial charge in [0.1, 0.15) is 5.76 Å². The van der Waals surface area contributed by atoms with Crippen molar-refractivity contribution in [3.8, 4) is 22.5 Å². The van der Waals surface area contributed by atoms with Crippen LogP contribution < -0.4 is 0 Å². The molecule has 3 rings (SSSR count). The summed E-state index contributed by atoms with van der Waals surface area (Å²) in [5.74, 6) is 0.851. The van der Waals surface area contributed by atoms with Gasteiger partial charge < -0.3 is 4.42 Å². The Labute approximate surface area is 100 Å². The number of rotatable bonds is 2. The van der Waals surface area contributed by atoms with Gasteiger partial charge in [0.25, 0.3) is 0 Å². The van der Waals surface area contributed by atoms with E-state index in [-0.39, 0.29) is 0 Å². The fraction of sp³-hybridized carbons (Fsp3) is 0. The third kappa shape index (κ3) is 2.00. The van der Waals surface area contributed by atoms with Crippen LogP contribution in [0.4, 0.5) is 0 Å². The van der Waals surface area contributed by atoms with Crippen molar-refractivity contribution in [3.05, 3.63) is 73.0 Å². The van der Waals surface area contributed by atoms with E-state index in [0.29, 0.717) is 0 Å². The van der Waals surface area contributed by atoms with Gasteiger partial charge in [0.05, 0.1) is 6.26 Å². The van der Waals surface area contributed by atoms with Crippen molar-refractivity contribution < 1.29 is 4.42 Å². The standard InChI is InChI=1S/C16H11O/c1-3-7-13(8-4-1)15-11-16(17-12-15)14-9-5-2-6-10-14/h1-9,11-12H. The van der Waals surface area contributed by atoms with Crippen LogP contribution in [0.2, 0.25) is 0 Å². The summed E-state index contributed by atoms with van der Waals surface area (Å²) in [6.07, 6.45) is 1.78. The third-order valence-electron chi connectivity index (χ3n) is 2.68. The molecule has 0 fully saturated rings. The number of benzene rings is 2. The molecule has 1 heterocycles. The molecule has 0 aliphatic heterocycles. The van der Waals surface area contributed by atoms with Gasteiger partial charge in [-0.25, -0.2) is 0 Å². The first-order chi connectivity index (χ1) is 8.43. The van der Waals surface area contributed by atoms with Crippen LogP contribution in [0.3, 0.4) is 0 Å². The molecule has 17 heavy (non-hydrogen) atoms. The molecule has 0 saturated carbocycles. The lowest BCUT2D eigenvalue weighted by Crippen LogP contribution is -1.72. The Hall–Kier alpha value is -2.28. The van der Waals surface area contributed by atoms with Crippen molar-refractivity contribution in [2.24, 2.45) is 0 Å². The first-order valence-corrected chi connectivity index (χ1v) is 5.54. The molecule has 3 aromatic rings. The molecular formula is C16H11O. The monoisotopic (exact) mass is 219 g/mol. The molecule has 0 spiro atoms. The topological polar surface area (TPSA) is 13.1 Å². The highest BCUT2D eigenvalue weighted by atomic mass is 16.3. The van der Waals surface area contributed by atoms with Crippen LogP contribution in [0.5, 0.6) is 0 Å². The highest BCUT2D eigenvalue weighted by molar-refractivity contribution is 5.69. The first kappa shape index (κ1) is 9.91. The summed E-state index contributed by atoms with van der Waals surface area (Å²) in [5, 5.41) is 0. The maximum atomic E-state index is 5.57. The summed E-state index contributed by atoms with van der Waals surface area (Å²) in [7, 11) is 0. The summed E-state index contributed by atoms with van der Waals surface area (Å²) in [5.41, 5.74) is 3.24. The maximum absolute atomic E-state index is 5.57. The van der Waals surface area contributed by atoms with E-state index in [1.807, 2.05) is 48.5 Å². The first-order valence-electron chi connectivity index (χ1n) is 5.54. The van der Waals surface area contributed by atoms with E-state index < -0.39 is 0 Å². The van der Waals surface area contributed by atoms with Crippen LogP contribution in [0.15, 0.2) is 71.3 Å². The van der Waals surface area contributed by atoms with Gasteiger partial charge in [-0.1, -0.05) is 54.6 Å². The zero-order chi connectivity index (χ0) is 11.5. The lowest BCUT2D eigenvalue weighted by Gasteiger charge is -1.94. The van der Waals surface area contributed by atoms with E-state index in [2.05, 4.69) is 18.2 Å². The van der Waals surface area contributed by atoms with Crippen LogP contribution in [0.1, 0.15) is 0 Å². The second-order valence-corrected chi connectivity index (χ2v) is 3.84. The molecule has 0 bridgehead atoms. The van der Waals surface area contributed by atoms with Crippen molar-refractivity contribution in [1.29, 1.82) is 0 Å². The van der Waals surface area contributed by atoms with E-state index in [0.717, 1.165) is 16.9 Å². The average Bonchev–Trinajstić information content (AvgIpc) is 2.90. The molecule has 1 nitrogen and oxygen atoms in total. The Morgan fingerprint density at radius 3 is 2.41 bits per heavy atom. The van der Waals surface area contributed by atoms with Crippen molar-refractivity contribution in [3.63, 3.8) is 0 Å². The molecule has 0 saturated heterocycles. The molecule has 1 aromatic heterocycles. The molecule has 0 aliphatic carbocycles. The van der Waals surface area contributed by atoms with E-state index in [1.165, 1.54) is 5.56 Å². The highest BCUT2D eigenvalue weighted by Gasteiger charge is 2.05. The van der Waals surface area contributed by atoms with Crippen LogP contribution in [0, 0.1) is 6.07 Å². The van der Waals surface area contributed by atoms with Crippen LogP contribution >= 0.6 is 0 Å². The lowest BCUT2D eigenvalue weighted by atomic mass is 10.1. The van der Waals surface area contributed by atoms with Crippen LogP contribution in [-0.2, 0) is 0 Å². The van der Waals surface area contributed by atoms with Crippen LogP contribution in [0.25, 0.3) is 22.5 Å². The summed E-state index contributed by atoms with van der Waals surface area (Å²) in [4.78, 5) is 0. The molecule has 2 aromatic carbocycles. The number of hydrogen-bond donors (Lipinski definition) is 0. The second kappa shape index (κ2) is 4.30. The molecule has 0 amide bonds. The summed E-state index contributed by atoms with van der Waals surface area (Å²) >= 11 is 0. The van der Waals surface area contributed by atoms with Crippen molar-refractivity contribution in [2.45, 2.75) is 0 Å². The smallest absolute Gasteiger partial charge is 0.135 e. The molecule has 0 unspecified atom stereocenters. The van der Waals surface area contributed by atoms with E-state index in [9.17, 15) is 0 Å². The minimum atomic E-state index is 0.851. The Morgan fingerprint density at radius 1 is 0.824 bits per heavy atom. The molecule has 1 heteroatoms. The average molecular weight is 219 g/mol. The Bertz CT molecular complexity index is 540. The minimum Gasteiger partial charge on any atom is -0.464 e. The van der Waals surface area contributed by atoms with Gasteiger partial charge in [0.2, 0.25) is 0 Å². The van der Waals surface area contributed by atoms with Crippen LogP contribution in [-0.4, -0.2) is 0 Å². The van der Waals surface area contributed by atoms with Crippen molar-refractivity contribution >= 4 is 0 Å². The summed E-state index contributed by atoms with van der Waals surface area (Å²) in [6, 6.07) is 23.2. The van der Waals surface area contributed by atoms with Gasteiger partial charge in [-0.3, -0.25) is 0 Å². The van der Waals surface area contributed by atoms with Gasteiger partial charge >= 0.3 is 0 Å². The lowest BCUT2D eigenvalue weighted by molar-refractivity contribution is 0.583. The SMILES string of the molecule is [c]1ccccc1-c1cc(-c2ccccc2)co1. The fourth-order valence-corrected chi connectivity index (χ4v) is 1.81. The minimum absolute atomic E-state index is 0.851. The molecule has 81 valence electrons. The van der Waals surface area contributed by atoms with Gasteiger partial charge in [0, 0.05) is 11.1 Å². The number of hydrogen-bond acceptors (Lipinski definition) is 1. The van der Waals surface area contributed by atoms with Gasteiger partial charge in [0.15, 0.2) is 0 Å². The zero-order valence-electron chi connectivity index (χ0n) is 9.26. The fourth-order valence-electron chi connectivity index (χ4n) is 1.81. The number of furan rings is 1. The molecule has 1 radical (unpaired) electrons. The van der Waals surface area contributed by atoms with Gasteiger partial charge in [-0.05, 0) is 17.7 Å². The van der Waals surface area contributed by atoms with Crippen molar-refractivity contribution in [2.75, 3.05) is 0 Å². The second-order valence-electron chi connectivity index (χ2n) is 3.84. The normalized spacial score (nSPS) is 10.4. The molecule has 0 aliphatic rings. The van der Waals surface area contributed by atoms with Crippen molar-refractivity contribution in [1.82, 2.24) is 0 Å². The maximum Gasteiger partial charge on any atom is 0.135 e. The Morgan fingerprint density at radius 2 is 1.65 bits per heavy atom. The highest BCUT2D eigenvalue weighted by Crippen LogP contribution is 2.27. The Kier molecular flexibility index (Phi) is 2.51. The summed E-state index contributed by atoms with van der Waals surface area (Å²) in [6.45, 7) is 0. The van der Waals surface area contributed by atoms with E-state index in [1.54, 1.807) is 6.26 Å². The quantitative estimate of drug-likeness (QED) is 0.622.